The van der Waals surface area contributed by atoms with E-state index in [4.69, 9.17) is 9.47 Å². The van der Waals surface area contributed by atoms with Crippen molar-refractivity contribution >= 4 is 29.3 Å². The molecule has 1 N–H and O–H groups in total. The molecule has 0 unspecified atom stereocenters. The van der Waals surface area contributed by atoms with Crippen LogP contribution in [0.15, 0.2) is 59.3 Å². The smallest absolute Gasteiger partial charge is 0.340 e. The van der Waals surface area contributed by atoms with Crippen LogP contribution in [-0.4, -0.2) is 35.6 Å². The van der Waals surface area contributed by atoms with Crippen molar-refractivity contribution in [3.8, 4) is 11.5 Å². The maximum Gasteiger partial charge on any atom is 0.340 e. The third-order valence-electron chi connectivity index (χ3n) is 4.70. The molecule has 1 heterocycles. The number of allylic oxidation sites excluding steroid dienone is 1. The van der Waals surface area contributed by atoms with Crippen LogP contribution in [0, 0.1) is 10.1 Å². The van der Waals surface area contributed by atoms with Crippen LogP contribution in [0.25, 0.3) is 6.08 Å². The summed E-state index contributed by atoms with van der Waals surface area (Å²) in [5, 5.41) is 20.8. The first kappa shape index (κ1) is 21.6. The number of carbonyl (C=O) groups is 2. The van der Waals surface area contributed by atoms with Crippen molar-refractivity contribution in [1.82, 2.24) is 0 Å². The van der Waals surface area contributed by atoms with E-state index < -0.39 is 16.8 Å². The van der Waals surface area contributed by atoms with Crippen molar-refractivity contribution in [1.29, 1.82) is 0 Å². The molecule has 3 rings (SSSR count). The lowest BCUT2D eigenvalue weighted by atomic mass is 10.0. The highest BCUT2D eigenvalue weighted by Gasteiger charge is 2.38. The first-order chi connectivity index (χ1) is 14.8. The van der Waals surface area contributed by atoms with E-state index >= 15 is 0 Å². The summed E-state index contributed by atoms with van der Waals surface area (Å²) in [5.74, 6) is -0.980. The molecule has 0 radical (unpaired) electrons. The second-order valence-electron chi connectivity index (χ2n) is 6.58. The maximum atomic E-state index is 13.2. The Hall–Kier alpha value is -4.14. The third-order valence-corrected chi connectivity index (χ3v) is 4.70. The molecule has 0 saturated carbocycles. The summed E-state index contributed by atoms with van der Waals surface area (Å²) in [6.07, 6.45) is 1.51. The van der Waals surface area contributed by atoms with E-state index in [0.29, 0.717) is 23.6 Å². The molecule has 9 heteroatoms. The normalized spacial score (nSPS) is 14.9. The second kappa shape index (κ2) is 8.70. The Morgan fingerprint density at radius 2 is 1.90 bits per heavy atom. The Labute approximate surface area is 178 Å². The standard InChI is InChI=1S/C22H20N2O7/c1-4-31-19-12-14(5-10-18(19)25)11-17-20(22(27)30-3)13(2)23(21(17)26)15-6-8-16(9-7-15)24(28)29/h5-12,25H,4H2,1-3H3/b17-11-. The fourth-order valence-electron chi connectivity index (χ4n) is 3.27. The monoisotopic (exact) mass is 424 g/mol. The van der Waals surface area contributed by atoms with E-state index in [1.807, 2.05) is 0 Å². The summed E-state index contributed by atoms with van der Waals surface area (Å²) in [7, 11) is 1.22. The minimum absolute atomic E-state index is 0.0471. The van der Waals surface area contributed by atoms with Gasteiger partial charge in [-0.3, -0.25) is 19.8 Å². The Morgan fingerprint density at radius 1 is 1.23 bits per heavy atom. The molecule has 1 amide bonds. The zero-order valence-electron chi connectivity index (χ0n) is 17.1. The fourth-order valence-corrected chi connectivity index (χ4v) is 3.27. The fraction of sp³-hybridized carbons (Fsp3) is 0.182. The molecule has 160 valence electrons. The van der Waals surface area contributed by atoms with Crippen molar-refractivity contribution < 1.29 is 29.1 Å². The van der Waals surface area contributed by atoms with Gasteiger partial charge in [-0.25, -0.2) is 4.79 Å². The van der Waals surface area contributed by atoms with Crippen molar-refractivity contribution in [3.63, 3.8) is 0 Å². The number of hydrogen-bond donors (Lipinski definition) is 1. The van der Waals surface area contributed by atoms with Gasteiger partial charge in [0.25, 0.3) is 11.6 Å². The Morgan fingerprint density at radius 3 is 2.48 bits per heavy atom. The summed E-state index contributed by atoms with van der Waals surface area (Å²) < 4.78 is 10.2. The number of rotatable bonds is 6. The number of methoxy groups -OCH3 is 1. The zero-order chi connectivity index (χ0) is 22.7. The average Bonchev–Trinajstić information content (AvgIpc) is 2.99. The summed E-state index contributed by atoms with van der Waals surface area (Å²) in [5.41, 5.74) is 1.30. The molecule has 0 aliphatic carbocycles. The lowest BCUT2D eigenvalue weighted by Gasteiger charge is -2.17. The number of esters is 1. The van der Waals surface area contributed by atoms with Gasteiger partial charge < -0.3 is 14.6 Å². The van der Waals surface area contributed by atoms with Gasteiger partial charge in [-0.15, -0.1) is 0 Å². The number of hydrogen-bond acceptors (Lipinski definition) is 7. The predicted octanol–water partition coefficient (Wildman–Crippen LogP) is 3.58. The van der Waals surface area contributed by atoms with Crippen molar-refractivity contribution in [2.45, 2.75) is 13.8 Å². The van der Waals surface area contributed by atoms with E-state index in [1.54, 1.807) is 26.0 Å². The molecule has 9 nitrogen and oxygen atoms in total. The number of non-ortho nitro benzene ring substituents is 1. The molecule has 2 aromatic carbocycles. The number of nitrogens with zero attached hydrogens (tertiary/aromatic N) is 2. The summed E-state index contributed by atoms with van der Waals surface area (Å²) in [6.45, 7) is 3.70. The van der Waals surface area contributed by atoms with Gasteiger partial charge in [0.15, 0.2) is 11.5 Å². The largest absolute Gasteiger partial charge is 0.504 e. The van der Waals surface area contributed by atoms with Crippen LogP contribution in [0.3, 0.4) is 0 Å². The summed E-state index contributed by atoms with van der Waals surface area (Å²) in [4.78, 5) is 37.4. The highest BCUT2D eigenvalue weighted by molar-refractivity contribution is 6.23. The Kier molecular flexibility index (Phi) is 6.05. The zero-order valence-corrected chi connectivity index (χ0v) is 17.1. The lowest BCUT2D eigenvalue weighted by Crippen LogP contribution is -2.24. The molecular formula is C22H20N2O7. The quantitative estimate of drug-likeness (QED) is 0.326. The van der Waals surface area contributed by atoms with E-state index in [9.17, 15) is 24.8 Å². The highest BCUT2D eigenvalue weighted by Crippen LogP contribution is 2.37. The van der Waals surface area contributed by atoms with Crippen LogP contribution in [0.5, 0.6) is 11.5 Å². The molecule has 1 aliphatic heterocycles. The van der Waals surface area contributed by atoms with Crippen LogP contribution >= 0.6 is 0 Å². The first-order valence-electron chi connectivity index (χ1n) is 9.34. The molecule has 31 heavy (non-hydrogen) atoms. The molecule has 0 fully saturated rings. The van der Waals surface area contributed by atoms with E-state index in [0.717, 1.165) is 0 Å². The minimum Gasteiger partial charge on any atom is -0.504 e. The number of ether oxygens (including phenoxy) is 2. The van der Waals surface area contributed by atoms with Gasteiger partial charge in [0.05, 0.1) is 29.8 Å². The number of phenols is 1. The van der Waals surface area contributed by atoms with Gasteiger partial charge >= 0.3 is 5.97 Å². The highest BCUT2D eigenvalue weighted by atomic mass is 16.6. The minimum atomic E-state index is -0.690. The van der Waals surface area contributed by atoms with Crippen molar-refractivity contribution in [3.05, 3.63) is 75.0 Å². The Balaban J connectivity index is 2.09. The Bertz CT molecular complexity index is 1120. The van der Waals surface area contributed by atoms with Gasteiger partial charge in [0.1, 0.15) is 0 Å². The summed E-state index contributed by atoms with van der Waals surface area (Å²) in [6, 6.07) is 10.00. The number of phenolic OH excluding ortho intramolecular Hbond substituents is 1. The molecule has 0 spiro atoms. The van der Waals surface area contributed by atoms with Crippen molar-refractivity contribution in [2.24, 2.45) is 0 Å². The number of nitro groups is 1. The van der Waals surface area contributed by atoms with E-state index in [2.05, 4.69) is 0 Å². The first-order valence-corrected chi connectivity index (χ1v) is 9.34. The van der Waals surface area contributed by atoms with Gasteiger partial charge in [0, 0.05) is 23.5 Å². The van der Waals surface area contributed by atoms with Gasteiger partial charge in [-0.05, 0) is 49.8 Å². The van der Waals surface area contributed by atoms with Crippen LogP contribution in [-0.2, 0) is 14.3 Å². The molecule has 2 aromatic rings. The maximum absolute atomic E-state index is 13.2. The SMILES string of the molecule is CCOc1cc(/C=C2\C(=O)N(c3ccc([N+](=O)[O-])cc3)C(C)=C2C(=O)OC)ccc1O. The van der Waals surface area contributed by atoms with Crippen LogP contribution in [0.1, 0.15) is 19.4 Å². The molecular weight excluding hydrogens is 404 g/mol. The number of amides is 1. The molecule has 1 aliphatic rings. The van der Waals surface area contributed by atoms with Crippen LogP contribution < -0.4 is 9.64 Å². The second-order valence-corrected chi connectivity index (χ2v) is 6.58. The van der Waals surface area contributed by atoms with E-state index in [-0.39, 0.29) is 28.3 Å². The molecule has 0 atom stereocenters. The number of benzene rings is 2. The van der Waals surface area contributed by atoms with Crippen molar-refractivity contribution in [2.75, 3.05) is 18.6 Å². The van der Waals surface area contributed by atoms with Gasteiger partial charge in [0.2, 0.25) is 0 Å². The van der Waals surface area contributed by atoms with Gasteiger partial charge in [-0.2, -0.15) is 0 Å². The topological polar surface area (TPSA) is 119 Å². The van der Waals surface area contributed by atoms with Crippen LogP contribution in [0.4, 0.5) is 11.4 Å². The predicted molar refractivity (Wildman–Crippen MR) is 113 cm³/mol. The molecule has 0 bridgehead atoms. The lowest BCUT2D eigenvalue weighted by molar-refractivity contribution is -0.384. The van der Waals surface area contributed by atoms with Gasteiger partial charge in [-0.1, -0.05) is 6.07 Å². The number of anilines is 1. The van der Waals surface area contributed by atoms with E-state index in [1.165, 1.54) is 48.4 Å². The number of aromatic hydroxyl groups is 1. The van der Waals surface area contributed by atoms with Crippen LogP contribution in [0.2, 0.25) is 0 Å². The molecule has 0 aromatic heterocycles. The number of nitro benzene ring substituents is 1. The molecule has 0 saturated heterocycles. The summed E-state index contributed by atoms with van der Waals surface area (Å²) >= 11 is 0. The number of carbonyl (C=O) groups excluding carboxylic acids is 2. The third kappa shape index (κ3) is 4.11. The average molecular weight is 424 g/mol.